The van der Waals surface area contributed by atoms with Gasteiger partial charge >= 0.3 is 0 Å². The summed E-state index contributed by atoms with van der Waals surface area (Å²) in [5.41, 5.74) is 1.32. The van der Waals surface area contributed by atoms with Gasteiger partial charge in [0, 0.05) is 17.1 Å². The first-order valence-corrected chi connectivity index (χ1v) is 5.87. The number of hydrogen-bond acceptors (Lipinski definition) is 1. The molecule has 0 unspecified atom stereocenters. The van der Waals surface area contributed by atoms with Crippen molar-refractivity contribution in [1.29, 1.82) is 0 Å². The van der Waals surface area contributed by atoms with Crippen molar-refractivity contribution >= 4 is 15.9 Å². The molecule has 0 spiro atoms. The molecule has 1 aromatic carbocycles. The number of benzene rings is 1. The van der Waals surface area contributed by atoms with E-state index in [4.69, 9.17) is 0 Å². The molecule has 0 aliphatic heterocycles. The average molecular weight is 256 g/mol. The van der Waals surface area contributed by atoms with Crippen LogP contribution in [0.5, 0.6) is 0 Å². The van der Waals surface area contributed by atoms with Crippen LogP contribution in [0.15, 0.2) is 28.7 Å². The van der Waals surface area contributed by atoms with Crippen molar-refractivity contribution in [3.05, 3.63) is 34.3 Å². The zero-order chi connectivity index (χ0) is 10.6. The fourth-order valence-electron chi connectivity index (χ4n) is 1.15. The minimum atomic E-state index is 0.558. The van der Waals surface area contributed by atoms with E-state index in [0.29, 0.717) is 12.0 Å². The zero-order valence-electron chi connectivity index (χ0n) is 9.05. The van der Waals surface area contributed by atoms with E-state index >= 15 is 0 Å². The molecule has 0 aromatic heterocycles. The van der Waals surface area contributed by atoms with Crippen LogP contribution in [-0.2, 0) is 6.54 Å². The van der Waals surface area contributed by atoms with Crippen LogP contribution in [-0.4, -0.2) is 6.04 Å². The highest BCUT2D eigenvalue weighted by atomic mass is 79.9. The molecule has 0 saturated heterocycles. The summed E-state index contributed by atoms with van der Waals surface area (Å²) in [5, 5.41) is 3.51. The fourth-order valence-corrected chi connectivity index (χ4v) is 1.57. The number of halogens is 1. The summed E-state index contributed by atoms with van der Waals surface area (Å²) in [7, 11) is 0. The molecule has 0 bridgehead atoms. The van der Waals surface area contributed by atoms with Gasteiger partial charge in [-0.2, -0.15) is 0 Å². The molecule has 0 fully saturated rings. The lowest BCUT2D eigenvalue weighted by Crippen LogP contribution is -2.30. The predicted molar refractivity (Wildman–Crippen MR) is 65.3 cm³/mol. The summed E-state index contributed by atoms with van der Waals surface area (Å²) < 4.78 is 1.18. The highest BCUT2D eigenvalue weighted by Crippen LogP contribution is 2.15. The van der Waals surface area contributed by atoms with Crippen molar-refractivity contribution in [2.75, 3.05) is 0 Å². The average Bonchev–Trinajstić information content (AvgIpc) is 2.16. The Labute approximate surface area is 95.0 Å². The van der Waals surface area contributed by atoms with Crippen LogP contribution in [0.4, 0.5) is 0 Å². The van der Waals surface area contributed by atoms with Crippen molar-refractivity contribution in [3.8, 4) is 0 Å². The maximum atomic E-state index is 3.54. The Balaban J connectivity index is 2.50. The number of rotatable bonds is 4. The van der Waals surface area contributed by atoms with Crippen LogP contribution in [0.25, 0.3) is 0 Å². The SMILES string of the molecule is CC(C)[C@@H](C)NCc1ccccc1Br. The second kappa shape index (κ2) is 5.52. The molecule has 1 aromatic rings. The first-order chi connectivity index (χ1) is 6.61. The third-order valence-corrected chi connectivity index (χ3v) is 3.35. The Bertz CT molecular complexity index is 283. The molecule has 1 nitrogen and oxygen atoms in total. The Kier molecular flexibility index (Phi) is 4.63. The van der Waals surface area contributed by atoms with Crippen molar-refractivity contribution in [3.63, 3.8) is 0 Å². The van der Waals surface area contributed by atoms with Crippen LogP contribution in [0.2, 0.25) is 0 Å². The third kappa shape index (κ3) is 3.43. The summed E-state index contributed by atoms with van der Waals surface area (Å²) in [6.45, 7) is 7.62. The monoisotopic (exact) mass is 255 g/mol. The molecule has 1 atom stereocenters. The van der Waals surface area contributed by atoms with Crippen LogP contribution in [0.1, 0.15) is 26.3 Å². The molecule has 14 heavy (non-hydrogen) atoms. The highest BCUT2D eigenvalue weighted by Gasteiger charge is 2.06. The number of hydrogen-bond donors (Lipinski definition) is 1. The molecule has 0 aliphatic carbocycles. The highest BCUT2D eigenvalue weighted by molar-refractivity contribution is 9.10. The van der Waals surface area contributed by atoms with E-state index in [-0.39, 0.29) is 0 Å². The standard InChI is InChI=1S/C12H18BrN/c1-9(2)10(3)14-8-11-6-4-5-7-12(11)13/h4-7,9-10,14H,8H2,1-3H3/t10-/m1/s1. The Hall–Kier alpha value is -0.340. The van der Waals surface area contributed by atoms with Crippen LogP contribution in [0, 0.1) is 5.92 Å². The first kappa shape index (κ1) is 11.7. The van der Waals surface area contributed by atoms with Gasteiger partial charge in [-0.15, -0.1) is 0 Å². The normalized spacial score (nSPS) is 13.2. The minimum absolute atomic E-state index is 0.558. The molecule has 0 radical (unpaired) electrons. The van der Waals surface area contributed by atoms with Gasteiger partial charge in [0.1, 0.15) is 0 Å². The Morgan fingerprint density at radius 1 is 1.21 bits per heavy atom. The van der Waals surface area contributed by atoms with E-state index in [1.165, 1.54) is 10.0 Å². The fraction of sp³-hybridized carbons (Fsp3) is 0.500. The lowest BCUT2D eigenvalue weighted by atomic mass is 10.1. The van der Waals surface area contributed by atoms with Gasteiger partial charge in [0.25, 0.3) is 0 Å². The van der Waals surface area contributed by atoms with Gasteiger partial charge in [-0.1, -0.05) is 48.0 Å². The quantitative estimate of drug-likeness (QED) is 0.868. The summed E-state index contributed by atoms with van der Waals surface area (Å²) in [5.74, 6) is 0.678. The molecule has 2 heteroatoms. The molecule has 0 aliphatic rings. The third-order valence-electron chi connectivity index (χ3n) is 2.57. The Morgan fingerprint density at radius 3 is 2.43 bits per heavy atom. The van der Waals surface area contributed by atoms with Gasteiger partial charge in [-0.25, -0.2) is 0 Å². The lowest BCUT2D eigenvalue weighted by molar-refractivity contribution is 0.426. The summed E-state index contributed by atoms with van der Waals surface area (Å²) in [6.07, 6.45) is 0. The largest absolute Gasteiger partial charge is 0.310 e. The molecular weight excluding hydrogens is 238 g/mol. The van der Waals surface area contributed by atoms with Gasteiger partial charge in [0.2, 0.25) is 0 Å². The van der Waals surface area contributed by atoms with Gasteiger partial charge in [-0.3, -0.25) is 0 Å². The topological polar surface area (TPSA) is 12.0 Å². The molecule has 0 saturated carbocycles. The summed E-state index contributed by atoms with van der Waals surface area (Å²) >= 11 is 3.54. The van der Waals surface area contributed by atoms with E-state index in [0.717, 1.165) is 6.54 Å². The Morgan fingerprint density at radius 2 is 1.86 bits per heavy atom. The van der Waals surface area contributed by atoms with E-state index in [9.17, 15) is 0 Å². The molecule has 0 amide bonds. The first-order valence-electron chi connectivity index (χ1n) is 5.08. The number of nitrogens with one attached hydrogen (secondary N) is 1. The van der Waals surface area contributed by atoms with Crippen molar-refractivity contribution in [2.45, 2.75) is 33.4 Å². The maximum absolute atomic E-state index is 3.54. The van der Waals surface area contributed by atoms with Gasteiger partial charge < -0.3 is 5.32 Å². The summed E-state index contributed by atoms with van der Waals surface area (Å²) in [6, 6.07) is 8.89. The minimum Gasteiger partial charge on any atom is -0.310 e. The molecular formula is C12H18BrN. The molecule has 1 N–H and O–H groups in total. The second-order valence-corrected chi connectivity index (χ2v) is 4.86. The predicted octanol–water partition coefficient (Wildman–Crippen LogP) is 3.58. The molecule has 0 heterocycles. The second-order valence-electron chi connectivity index (χ2n) is 4.01. The van der Waals surface area contributed by atoms with Crippen LogP contribution in [0.3, 0.4) is 0 Å². The molecule has 1 rings (SSSR count). The van der Waals surface area contributed by atoms with E-state index in [1.807, 2.05) is 6.07 Å². The lowest BCUT2D eigenvalue weighted by Gasteiger charge is -2.17. The van der Waals surface area contributed by atoms with Crippen molar-refractivity contribution in [1.82, 2.24) is 5.32 Å². The maximum Gasteiger partial charge on any atom is 0.0220 e. The van der Waals surface area contributed by atoms with E-state index in [1.54, 1.807) is 0 Å². The van der Waals surface area contributed by atoms with Crippen molar-refractivity contribution < 1.29 is 0 Å². The zero-order valence-corrected chi connectivity index (χ0v) is 10.6. The summed E-state index contributed by atoms with van der Waals surface area (Å²) in [4.78, 5) is 0. The smallest absolute Gasteiger partial charge is 0.0220 e. The molecule has 78 valence electrons. The van der Waals surface area contributed by atoms with Crippen LogP contribution >= 0.6 is 15.9 Å². The van der Waals surface area contributed by atoms with Gasteiger partial charge in [0.05, 0.1) is 0 Å². The van der Waals surface area contributed by atoms with E-state index in [2.05, 4.69) is 60.2 Å². The van der Waals surface area contributed by atoms with E-state index < -0.39 is 0 Å². The van der Waals surface area contributed by atoms with Gasteiger partial charge in [-0.05, 0) is 24.5 Å². The van der Waals surface area contributed by atoms with Crippen molar-refractivity contribution in [2.24, 2.45) is 5.92 Å². The van der Waals surface area contributed by atoms with Gasteiger partial charge in [0.15, 0.2) is 0 Å². The van der Waals surface area contributed by atoms with Crippen LogP contribution < -0.4 is 5.32 Å².